The van der Waals surface area contributed by atoms with E-state index in [0.717, 1.165) is 50.4 Å². The summed E-state index contributed by atoms with van der Waals surface area (Å²) in [6.45, 7) is 6.35. The maximum atomic E-state index is 12.7. The Bertz CT molecular complexity index is 744. The SMILES string of the molecule is O=C(Cc1cccc(N2CCCC2)c1)c1ccc(N2CCNCC2)cc1. The molecule has 136 valence electrons. The highest BCUT2D eigenvalue weighted by Crippen LogP contribution is 2.22. The number of anilines is 2. The van der Waals surface area contributed by atoms with E-state index in [-0.39, 0.29) is 5.78 Å². The van der Waals surface area contributed by atoms with E-state index >= 15 is 0 Å². The molecule has 4 nitrogen and oxygen atoms in total. The Hall–Kier alpha value is -2.33. The van der Waals surface area contributed by atoms with Crippen molar-refractivity contribution >= 4 is 17.2 Å². The molecule has 2 heterocycles. The number of benzene rings is 2. The molecule has 0 spiro atoms. The van der Waals surface area contributed by atoms with Gasteiger partial charge in [-0.15, -0.1) is 0 Å². The van der Waals surface area contributed by atoms with Crippen LogP contribution in [0.4, 0.5) is 11.4 Å². The number of piperazine rings is 1. The fourth-order valence-corrected chi connectivity index (χ4v) is 3.91. The average molecular weight is 349 g/mol. The number of Topliss-reactive ketones (excluding diaryl/α,β-unsaturated/α-hetero) is 1. The summed E-state index contributed by atoms with van der Waals surface area (Å²) in [5.41, 5.74) is 4.36. The third kappa shape index (κ3) is 3.91. The molecule has 0 amide bonds. The first-order valence-electron chi connectivity index (χ1n) is 9.72. The van der Waals surface area contributed by atoms with Gasteiger partial charge >= 0.3 is 0 Å². The van der Waals surface area contributed by atoms with Crippen molar-refractivity contribution in [3.63, 3.8) is 0 Å². The zero-order chi connectivity index (χ0) is 17.8. The van der Waals surface area contributed by atoms with Gasteiger partial charge in [-0.1, -0.05) is 12.1 Å². The van der Waals surface area contributed by atoms with E-state index in [2.05, 4.69) is 51.5 Å². The Morgan fingerprint density at radius 3 is 2.27 bits per heavy atom. The van der Waals surface area contributed by atoms with Crippen LogP contribution in [0.1, 0.15) is 28.8 Å². The number of nitrogens with zero attached hydrogens (tertiary/aromatic N) is 2. The van der Waals surface area contributed by atoms with E-state index in [1.807, 2.05) is 12.1 Å². The topological polar surface area (TPSA) is 35.6 Å². The molecule has 26 heavy (non-hydrogen) atoms. The largest absolute Gasteiger partial charge is 0.372 e. The zero-order valence-corrected chi connectivity index (χ0v) is 15.3. The van der Waals surface area contributed by atoms with Crippen LogP contribution in [0.15, 0.2) is 48.5 Å². The van der Waals surface area contributed by atoms with E-state index in [9.17, 15) is 4.79 Å². The molecule has 0 bridgehead atoms. The minimum Gasteiger partial charge on any atom is -0.372 e. The van der Waals surface area contributed by atoms with Gasteiger partial charge in [-0.25, -0.2) is 0 Å². The number of rotatable bonds is 5. The summed E-state index contributed by atoms with van der Waals surface area (Å²) in [6.07, 6.45) is 3.00. The molecule has 0 unspecified atom stereocenters. The lowest BCUT2D eigenvalue weighted by atomic mass is 10.0. The van der Waals surface area contributed by atoms with Gasteiger partial charge in [-0.3, -0.25) is 4.79 Å². The Kier molecular flexibility index (Phi) is 5.21. The van der Waals surface area contributed by atoms with Crippen molar-refractivity contribution in [3.8, 4) is 0 Å². The van der Waals surface area contributed by atoms with Crippen LogP contribution in [0.5, 0.6) is 0 Å². The number of carbonyl (C=O) groups is 1. The first-order valence-corrected chi connectivity index (χ1v) is 9.72. The molecule has 2 aromatic carbocycles. The molecular weight excluding hydrogens is 322 g/mol. The molecule has 2 fully saturated rings. The summed E-state index contributed by atoms with van der Waals surface area (Å²) in [4.78, 5) is 17.5. The average Bonchev–Trinajstić information content (AvgIpc) is 3.24. The molecule has 4 rings (SSSR count). The number of ketones is 1. The highest BCUT2D eigenvalue weighted by atomic mass is 16.1. The van der Waals surface area contributed by atoms with Gasteiger partial charge in [0.1, 0.15) is 0 Å². The second-order valence-electron chi connectivity index (χ2n) is 7.25. The molecule has 1 N–H and O–H groups in total. The summed E-state index contributed by atoms with van der Waals surface area (Å²) < 4.78 is 0. The van der Waals surface area contributed by atoms with Gasteiger partial charge in [0, 0.05) is 62.6 Å². The summed E-state index contributed by atoms with van der Waals surface area (Å²) in [5.74, 6) is 0.190. The smallest absolute Gasteiger partial charge is 0.167 e. The third-order valence-electron chi connectivity index (χ3n) is 5.42. The van der Waals surface area contributed by atoms with E-state index in [1.54, 1.807) is 0 Å². The van der Waals surface area contributed by atoms with Gasteiger partial charge in [0.25, 0.3) is 0 Å². The second-order valence-corrected chi connectivity index (χ2v) is 7.25. The first-order chi connectivity index (χ1) is 12.8. The van der Waals surface area contributed by atoms with Crippen LogP contribution in [0, 0.1) is 0 Å². The van der Waals surface area contributed by atoms with Crippen molar-refractivity contribution < 1.29 is 4.79 Å². The summed E-state index contributed by atoms with van der Waals surface area (Å²) in [5, 5.41) is 3.37. The van der Waals surface area contributed by atoms with Gasteiger partial charge in [0.15, 0.2) is 5.78 Å². The lowest BCUT2D eigenvalue weighted by Gasteiger charge is -2.29. The Balaban J connectivity index is 1.42. The summed E-state index contributed by atoms with van der Waals surface area (Å²) in [6, 6.07) is 16.6. The third-order valence-corrected chi connectivity index (χ3v) is 5.42. The van der Waals surface area contributed by atoms with Gasteiger partial charge in [-0.2, -0.15) is 0 Å². The molecule has 0 aliphatic carbocycles. The van der Waals surface area contributed by atoms with Crippen molar-refractivity contribution in [2.75, 3.05) is 49.1 Å². The van der Waals surface area contributed by atoms with Gasteiger partial charge in [0.2, 0.25) is 0 Å². The van der Waals surface area contributed by atoms with Gasteiger partial charge < -0.3 is 15.1 Å². The van der Waals surface area contributed by atoms with Crippen LogP contribution < -0.4 is 15.1 Å². The molecule has 0 radical (unpaired) electrons. The van der Waals surface area contributed by atoms with E-state index in [1.165, 1.54) is 24.2 Å². The minimum absolute atomic E-state index is 0.190. The molecule has 4 heteroatoms. The number of hydrogen-bond donors (Lipinski definition) is 1. The fourth-order valence-electron chi connectivity index (χ4n) is 3.91. The number of carbonyl (C=O) groups excluding carboxylic acids is 1. The van der Waals surface area contributed by atoms with Crippen LogP contribution in [-0.4, -0.2) is 45.1 Å². The van der Waals surface area contributed by atoms with Gasteiger partial charge in [0.05, 0.1) is 0 Å². The van der Waals surface area contributed by atoms with Crippen LogP contribution in [0.2, 0.25) is 0 Å². The monoisotopic (exact) mass is 349 g/mol. The zero-order valence-electron chi connectivity index (χ0n) is 15.3. The van der Waals surface area contributed by atoms with Crippen LogP contribution in [0.3, 0.4) is 0 Å². The van der Waals surface area contributed by atoms with Crippen LogP contribution in [-0.2, 0) is 6.42 Å². The number of nitrogens with one attached hydrogen (secondary N) is 1. The molecular formula is C22H27N3O. The quantitative estimate of drug-likeness (QED) is 0.842. The standard InChI is InChI=1S/C22H27N3O/c26-22(17-18-4-3-5-21(16-18)24-12-1-2-13-24)19-6-8-20(9-7-19)25-14-10-23-11-15-25/h3-9,16,23H,1-2,10-15,17H2. The molecule has 2 saturated heterocycles. The first kappa shape index (κ1) is 17.1. The highest BCUT2D eigenvalue weighted by Gasteiger charge is 2.14. The molecule has 0 saturated carbocycles. The van der Waals surface area contributed by atoms with E-state index in [0.29, 0.717) is 6.42 Å². The van der Waals surface area contributed by atoms with Crippen molar-refractivity contribution in [2.45, 2.75) is 19.3 Å². The number of hydrogen-bond acceptors (Lipinski definition) is 4. The van der Waals surface area contributed by atoms with Crippen molar-refractivity contribution in [2.24, 2.45) is 0 Å². The second kappa shape index (κ2) is 7.92. The summed E-state index contributed by atoms with van der Waals surface area (Å²) in [7, 11) is 0. The van der Waals surface area contributed by atoms with Crippen LogP contribution >= 0.6 is 0 Å². The van der Waals surface area contributed by atoms with Crippen molar-refractivity contribution in [1.29, 1.82) is 0 Å². The molecule has 2 aliphatic rings. The van der Waals surface area contributed by atoms with Gasteiger partial charge in [-0.05, 0) is 54.8 Å². The molecule has 2 aromatic rings. The molecule has 0 atom stereocenters. The normalized spacial score (nSPS) is 17.5. The maximum absolute atomic E-state index is 12.7. The van der Waals surface area contributed by atoms with E-state index in [4.69, 9.17) is 0 Å². The Morgan fingerprint density at radius 1 is 0.846 bits per heavy atom. The molecule has 2 aliphatic heterocycles. The highest BCUT2D eigenvalue weighted by molar-refractivity contribution is 5.97. The predicted molar refractivity (Wildman–Crippen MR) is 107 cm³/mol. The summed E-state index contributed by atoms with van der Waals surface area (Å²) >= 11 is 0. The van der Waals surface area contributed by atoms with Crippen LogP contribution in [0.25, 0.3) is 0 Å². The Morgan fingerprint density at radius 2 is 1.54 bits per heavy atom. The molecule has 0 aromatic heterocycles. The van der Waals surface area contributed by atoms with Crippen molar-refractivity contribution in [1.82, 2.24) is 5.32 Å². The van der Waals surface area contributed by atoms with Crippen molar-refractivity contribution in [3.05, 3.63) is 59.7 Å². The Labute approximate surface area is 155 Å². The van der Waals surface area contributed by atoms with E-state index < -0.39 is 0 Å². The lowest BCUT2D eigenvalue weighted by molar-refractivity contribution is 0.0993. The maximum Gasteiger partial charge on any atom is 0.167 e. The fraction of sp³-hybridized carbons (Fsp3) is 0.409. The predicted octanol–water partition coefficient (Wildman–Crippen LogP) is 3.12. The lowest BCUT2D eigenvalue weighted by Crippen LogP contribution is -2.43. The minimum atomic E-state index is 0.190.